The number of rotatable bonds is 3. The van der Waals surface area contributed by atoms with Crippen molar-refractivity contribution in [1.29, 1.82) is 0 Å². The second-order valence-corrected chi connectivity index (χ2v) is 7.83. The van der Waals surface area contributed by atoms with Crippen LogP contribution in [-0.4, -0.2) is 22.5 Å². The molecule has 5 heteroatoms. The first-order valence-electron chi connectivity index (χ1n) is 9.43. The number of amides is 1. The minimum absolute atomic E-state index is 0.195. The van der Waals surface area contributed by atoms with Crippen LogP contribution in [0.25, 0.3) is 0 Å². The molecule has 2 aromatic carbocycles. The fourth-order valence-electron chi connectivity index (χ4n) is 4.45. The Morgan fingerprint density at radius 2 is 1.54 bits per heavy atom. The van der Waals surface area contributed by atoms with Crippen LogP contribution in [0, 0.1) is 0 Å². The highest BCUT2D eigenvalue weighted by atomic mass is 35.5. The zero-order valence-electron chi connectivity index (χ0n) is 15.2. The van der Waals surface area contributed by atoms with Crippen LogP contribution < -0.4 is 4.90 Å². The van der Waals surface area contributed by atoms with E-state index >= 15 is 0 Å². The van der Waals surface area contributed by atoms with Gasteiger partial charge in [0.2, 0.25) is 5.91 Å². The van der Waals surface area contributed by atoms with Gasteiger partial charge < -0.3 is 10.0 Å². The number of nitrogens with zero attached hydrogens (tertiary/aromatic N) is 2. The van der Waals surface area contributed by atoms with E-state index in [-0.39, 0.29) is 5.91 Å². The quantitative estimate of drug-likeness (QED) is 0.739. The number of aryl methyl sites for hydroxylation is 1. The van der Waals surface area contributed by atoms with Gasteiger partial charge in [0, 0.05) is 30.4 Å². The van der Waals surface area contributed by atoms with Gasteiger partial charge in [0.1, 0.15) is 5.60 Å². The van der Waals surface area contributed by atoms with Crippen molar-refractivity contribution in [2.24, 2.45) is 0 Å². The number of hydrogen-bond donors (Lipinski definition) is 1. The van der Waals surface area contributed by atoms with Crippen molar-refractivity contribution in [2.45, 2.75) is 24.9 Å². The van der Waals surface area contributed by atoms with Gasteiger partial charge in [0.05, 0.1) is 5.69 Å². The molecule has 0 saturated carbocycles. The van der Waals surface area contributed by atoms with E-state index < -0.39 is 5.60 Å². The number of carbonyl (C=O) groups is 1. The lowest BCUT2D eigenvalue weighted by Gasteiger charge is -2.32. The standard InChI is InChI=1S/C23H19ClN2O2/c24-20-4-2-17(3-5-20)23(28,18-7-10-25-11-8-18)19-13-15-1-6-21(27)26-12-9-16(14-19)22(15)26/h2-5,7-8,10-11,13-14,28H,1,6,9,12H2. The van der Waals surface area contributed by atoms with Crippen molar-refractivity contribution in [3.05, 3.63) is 93.8 Å². The van der Waals surface area contributed by atoms with Crippen LogP contribution in [0.4, 0.5) is 5.69 Å². The Morgan fingerprint density at radius 1 is 0.893 bits per heavy atom. The monoisotopic (exact) mass is 390 g/mol. The van der Waals surface area contributed by atoms with Crippen molar-refractivity contribution < 1.29 is 9.90 Å². The maximum absolute atomic E-state index is 12.2. The summed E-state index contributed by atoms with van der Waals surface area (Å²) in [6, 6.07) is 15.1. The fraction of sp³-hybridized carbons (Fsp3) is 0.217. The molecule has 1 amide bonds. The van der Waals surface area contributed by atoms with Gasteiger partial charge in [-0.1, -0.05) is 35.9 Å². The molecule has 0 saturated heterocycles. The zero-order chi connectivity index (χ0) is 19.3. The van der Waals surface area contributed by atoms with E-state index in [4.69, 9.17) is 11.6 Å². The summed E-state index contributed by atoms with van der Waals surface area (Å²) in [5.41, 5.74) is 4.29. The number of carbonyl (C=O) groups excluding carboxylic acids is 1. The summed E-state index contributed by atoms with van der Waals surface area (Å²) in [5, 5.41) is 12.7. The van der Waals surface area contributed by atoms with Gasteiger partial charge in [-0.05, 0) is 64.9 Å². The van der Waals surface area contributed by atoms with E-state index in [0.717, 1.165) is 46.5 Å². The van der Waals surface area contributed by atoms with E-state index in [1.54, 1.807) is 24.5 Å². The topological polar surface area (TPSA) is 53.4 Å². The lowest BCUT2D eigenvalue weighted by atomic mass is 9.79. The van der Waals surface area contributed by atoms with Crippen LogP contribution in [0.1, 0.15) is 34.2 Å². The highest BCUT2D eigenvalue weighted by Gasteiger charge is 2.38. The second kappa shape index (κ2) is 6.43. The van der Waals surface area contributed by atoms with E-state index in [9.17, 15) is 9.90 Å². The van der Waals surface area contributed by atoms with Gasteiger partial charge in [-0.15, -0.1) is 0 Å². The number of benzene rings is 2. The second-order valence-electron chi connectivity index (χ2n) is 7.39. The number of aliphatic hydroxyl groups is 1. The molecule has 1 unspecified atom stereocenters. The van der Waals surface area contributed by atoms with E-state index in [0.29, 0.717) is 17.9 Å². The first kappa shape index (κ1) is 17.4. The Labute approximate surface area is 168 Å². The molecule has 5 rings (SSSR count). The molecule has 0 spiro atoms. The maximum atomic E-state index is 12.2. The molecule has 2 aliphatic heterocycles. The summed E-state index contributed by atoms with van der Waals surface area (Å²) in [6.45, 7) is 0.721. The number of pyridine rings is 1. The molecule has 2 aliphatic rings. The van der Waals surface area contributed by atoms with Crippen LogP contribution in [0.5, 0.6) is 0 Å². The summed E-state index contributed by atoms with van der Waals surface area (Å²) in [6.07, 6.45) is 5.42. The molecule has 1 N–H and O–H groups in total. The third-order valence-electron chi connectivity index (χ3n) is 5.83. The van der Waals surface area contributed by atoms with Crippen LogP contribution >= 0.6 is 11.6 Å². The summed E-state index contributed by atoms with van der Waals surface area (Å²) >= 11 is 6.09. The molecule has 1 atom stereocenters. The third-order valence-corrected chi connectivity index (χ3v) is 6.08. The van der Waals surface area contributed by atoms with Gasteiger partial charge in [-0.2, -0.15) is 0 Å². The smallest absolute Gasteiger partial charge is 0.227 e. The molecular formula is C23H19ClN2O2. The SMILES string of the molecule is O=C1CCc2cc(C(O)(c3ccncc3)c3ccc(Cl)cc3)cc3c2N1CC3. The Kier molecular flexibility index (Phi) is 4.00. The highest BCUT2D eigenvalue weighted by Crippen LogP contribution is 2.43. The predicted molar refractivity (Wildman–Crippen MR) is 109 cm³/mol. The van der Waals surface area contributed by atoms with Gasteiger partial charge in [0.25, 0.3) is 0 Å². The molecule has 1 aromatic heterocycles. The largest absolute Gasteiger partial charge is 0.376 e. The summed E-state index contributed by atoms with van der Waals surface area (Å²) in [7, 11) is 0. The molecular weight excluding hydrogens is 372 g/mol. The van der Waals surface area contributed by atoms with Gasteiger partial charge >= 0.3 is 0 Å². The van der Waals surface area contributed by atoms with E-state index in [2.05, 4.69) is 11.1 Å². The molecule has 0 radical (unpaired) electrons. The normalized spacial score (nSPS) is 17.4. The van der Waals surface area contributed by atoms with E-state index in [1.165, 1.54) is 0 Å². The minimum Gasteiger partial charge on any atom is -0.376 e. The molecule has 3 aromatic rings. The van der Waals surface area contributed by atoms with Crippen molar-refractivity contribution in [1.82, 2.24) is 4.98 Å². The van der Waals surface area contributed by atoms with Crippen molar-refractivity contribution in [2.75, 3.05) is 11.4 Å². The van der Waals surface area contributed by atoms with Crippen LogP contribution in [-0.2, 0) is 23.2 Å². The number of hydrogen-bond acceptors (Lipinski definition) is 3. The molecule has 0 bridgehead atoms. The Bertz CT molecular complexity index is 1070. The molecule has 28 heavy (non-hydrogen) atoms. The summed E-state index contributed by atoms with van der Waals surface area (Å²) in [4.78, 5) is 18.2. The first-order valence-corrected chi connectivity index (χ1v) is 9.81. The van der Waals surface area contributed by atoms with Gasteiger partial charge in [-0.25, -0.2) is 0 Å². The third kappa shape index (κ3) is 2.56. The number of halogens is 1. The van der Waals surface area contributed by atoms with E-state index in [1.807, 2.05) is 35.2 Å². The van der Waals surface area contributed by atoms with Crippen molar-refractivity contribution >= 4 is 23.2 Å². The summed E-state index contributed by atoms with van der Waals surface area (Å²) < 4.78 is 0. The summed E-state index contributed by atoms with van der Waals surface area (Å²) in [5.74, 6) is 0.195. The van der Waals surface area contributed by atoms with Gasteiger partial charge in [0.15, 0.2) is 0 Å². The average molecular weight is 391 g/mol. The minimum atomic E-state index is -1.33. The lowest BCUT2D eigenvalue weighted by molar-refractivity contribution is -0.118. The highest BCUT2D eigenvalue weighted by molar-refractivity contribution is 6.30. The van der Waals surface area contributed by atoms with Crippen molar-refractivity contribution in [3.8, 4) is 0 Å². The van der Waals surface area contributed by atoms with Crippen LogP contribution in [0.2, 0.25) is 5.02 Å². The number of anilines is 1. The van der Waals surface area contributed by atoms with Gasteiger partial charge in [-0.3, -0.25) is 9.78 Å². The molecule has 140 valence electrons. The average Bonchev–Trinajstić information content (AvgIpc) is 3.17. The zero-order valence-corrected chi connectivity index (χ0v) is 16.0. The Balaban J connectivity index is 1.74. The molecule has 3 heterocycles. The Morgan fingerprint density at radius 3 is 2.25 bits per heavy atom. The van der Waals surface area contributed by atoms with Crippen molar-refractivity contribution in [3.63, 3.8) is 0 Å². The lowest BCUT2D eigenvalue weighted by Crippen LogP contribution is -2.33. The first-order chi connectivity index (χ1) is 13.6. The van der Waals surface area contributed by atoms with Crippen LogP contribution in [0.15, 0.2) is 60.9 Å². The predicted octanol–water partition coefficient (Wildman–Crippen LogP) is 3.85. The fourth-order valence-corrected chi connectivity index (χ4v) is 4.58. The molecule has 0 fully saturated rings. The molecule has 4 nitrogen and oxygen atoms in total. The number of aromatic nitrogens is 1. The van der Waals surface area contributed by atoms with Crippen LogP contribution in [0.3, 0.4) is 0 Å². The molecule has 0 aliphatic carbocycles. The maximum Gasteiger partial charge on any atom is 0.227 e. The Hall–Kier alpha value is -2.69.